The van der Waals surface area contributed by atoms with Crippen molar-refractivity contribution in [2.75, 3.05) is 59.0 Å². The largest absolute Gasteiger partial charge is 0.378 e. The van der Waals surface area contributed by atoms with E-state index in [-0.39, 0.29) is 11.8 Å². The van der Waals surface area contributed by atoms with Gasteiger partial charge in [0.15, 0.2) is 6.10 Å². The zero-order valence-electron chi connectivity index (χ0n) is 14.5. The summed E-state index contributed by atoms with van der Waals surface area (Å²) in [6.07, 6.45) is 1.95. The minimum absolute atomic E-state index is 0.110. The monoisotopic (exact) mass is 351 g/mol. The number of morpholine rings is 1. The summed E-state index contributed by atoms with van der Waals surface area (Å²) in [6.45, 7) is 5.12. The number of amides is 2. The summed E-state index contributed by atoms with van der Waals surface area (Å²) in [4.78, 5) is 30.2. The maximum absolute atomic E-state index is 12.4. The van der Waals surface area contributed by atoms with Crippen LogP contribution in [-0.2, 0) is 21.4 Å². The Morgan fingerprint density at radius 2 is 1.84 bits per heavy atom. The van der Waals surface area contributed by atoms with Crippen LogP contribution >= 0.6 is 0 Å². The van der Waals surface area contributed by atoms with E-state index in [2.05, 4.69) is 10.00 Å². The van der Waals surface area contributed by atoms with Crippen molar-refractivity contribution in [3.05, 3.63) is 18.0 Å². The fraction of sp³-hybridized carbons (Fsp3) is 0.688. The molecule has 0 aromatic carbocycles. The van der Waals surface area contributed by atoms with Gasteiger partial charge >= 0.3 is 0 Å². The molecule has 0 bridgehead atoms. The van der Waals surface area contributed by atoms with E-state index in [1.807, 2.05) is 4.90 Å². The highest BCUT2D eigenvalue weighted by molar-refractivity contribution is 5.82. The number of hydrogen-bond donors (Lipinski definition) is 1. The van der Waals surface area contributed by atoms with Crippen molar-refractivity contribution in [3.63, 3.8) is 0 Å². The van der Waals surface area contributed by atoms with Crippen LogP contribution < -0.4 is 0 Å². The standard InChI is InChI=1S/C16H25N5O4/c1-18-11-13(10-17-18)15(23)16(24)21-4-2-19(3-5-21)12-14(22)20-6-8-25-9-7-20/h10-11,15,23H,2-9,12H2,1H3. The Hall–Kier alpha value is -1.97. The van der Waals surface area contributed by atoms with Crippen LogP contribution in [0.1, 0.15) is 11.7 Å². The molecule has 25 heavy (non-hydrogen) atoms. The minimum Gasteiger partial charge on any atom is -0.378 e. The van der Waals surface area contributed by atoms with Crippen LogP contribution in [0.15, 0.2) is 12.4 Å². The highest BCUT2D eigenvalue weighted by atomic mass is 16.5. The number of nitrogens with zero attached hydrogens (tertiary/aromatic N) is 5. The first-order valence-corrected chi connectivity index (χ1v) is 8.58. The highest BCUT2D eigenvalue weighted by Gasteiger charge is 2.29. The molecule has 1 atom stereocenters. The molecule has 2 saturated heterocycles. The van der Waals surface area contributed by atoms with Gasteiger partial charge in [0.25, 0.3) is 5.91 Å². The lowest BCUT2D eigenvalue weighted by Crippen LogP contribution is -2.53. The van der Waals surface area contributed by atoms with Crippen molar-refractivity contribution in [3.8, 4) is 0 Å². The van der Waals surface area contributed by atoms with Gasteiger partial charge in [-0.25, -0.2) is 0 Å². The number of aromatic nitrogens is 2. The Morgan fingerprint density at radius 1 is 1.16 bits per heavy atom. The molecule has 0 spiro atoms. The second kappa shape index (κ2) is 7.94. The number of aliphatic hydroxyl groups excluding tert-OH is 1. The van der Waals surface area contributed by atoms with E-state index in [4.69, 9.17) is 4.74 Å². The molecule has 1 N–H and O–H groups in total. The Labute approximate surface area is 146 Å². The molecule has 2 fully saturated rings. The van der Waals surface area contributed by atoms with Crippen LogP contribution in [-0.4, -0.2) is 100 Å². The van der Waals surface area contributed by atoms with Crippen LogP contribution in [0, 0.1) is 0 Å². The van der Waals surface area contributed by atoms with Crippen LogP contribution in [0.25, 0.3) is 0 Å². The van der Waals surface area contributed by atoms with Gasteiger partial charge in [-0.3, -0.25) is 19.2 Å². The van der Waals surface area contributed by atoms with Crippen molar-refractivity contribution < 1.29 is 19.4 Å². The van der Waals surface area contributed by atoms with E-state index in [1.54, 1.807) is 22.8 Å². The van der Waals surface area contributed by atoms with E-state index >= 15 is 0 Å². The predicted molar refractivity (Wildman–Crippen MR) is 88.6 cm³/mol. The molecule has 9 nitrogen and oxygen atoms in total. The molecular formula is C16H25N5O4. The Bertz CT molecular complexity index is 605. The highest BCUT2D eigenvalue weighted by Crippen LogP contribution is 2.16. The summed E-state index contributed by atoms with van der Waals surface area (Å²) in [5.41, 5.74) is 0.498. The van der Waals surface area contributed by atoms with Gasteiger partial charge in [-0.05, 0) is 0 Å². The Kier molecular flexibility index (Phi) is 5.67. The fourth-order valence-corrected chi connectivity index (χ4v) is 3.13. The summed E-state index contributed by atoms with van der Waals surface area (Å²) in [5.74, 6) is -0.203. The van der Waals surface area contributed by atoms with E-state index in [1.165, 1.54) is 6.20 Å². The molecule has 0 radical (unpaired) electrons. The van der Waals surface area contributed by atoms with Gasteiger partial charge in [-0.1, -0.05) is 0 Å². The first kappa shape index (κ1) is 17.8. The van der Waals surface area contributed by atoms with Crippen molar-refractivity contribution >= 4 is 11.8 Å². The van der Waals surface area contributed by atoms with Gasteiger partial charge < -0.3 is 19.6 Å². The summed E-state index contributed by atoms with van der Waals surface area (Å²) >= 11 is 0. The number of carbonyl (C=O) groups excluding carboxylic acids is 2. The predicted octanol–water partition coefficient (Wildman–Crippen LogP) is -1.54. The SMILES string of the molecule is Cn1cc(C(O)C(=O)N2CCN(CC(=O)N3CCOCC3)CC2)cn1. The molecule has 1 unspecified atom stereocenters. The van der Waals surface area contributed by atoms with E-state index < -0.39 is 6.10 Å². The van der Waals surface area contributed by atoms with Gasteiger partial charge in [0, 0.05) is 58.1 Å². The molecule has 3 heterocycles. The minimum atomic E-state index is -1.18. The molecule has 2 aliphatic rings. The second-order valence-electron chi connectivity index (χ2n) is 6.44. The van der Waals surface area contributed by atoms with Gasteiger partial charge in [-0.2, -0.15) is 5.10 Å². The molecule has 3 rings (SSSR count). The van der Waals surface area contributed by atoms with Gasteiger partial charge in [0.1, 0.15) is 0 Å². The molecule has 0 saturated carbocycles. The smallest absolute Gasteiger partial charge is 0.256 e. The van der Waals surface area contributed by atoms with E-state index in [0.29, 0.717) is 64.6 Å². The van der Waals surface area contributed by atoms with Gasteiger partial charge in [0.2, 0.25) is 5.91 Å². The van der Waals surface area contributed by atoms with Crippen molar-refractivity contribution in [2.45, 2.75) is 6.10 Å². The van der Waals surface area contributed by atoms with Gasteiger partial charge in [-0.15, -0.1) is 0 Å². The molecule has 0 aliphatic carbocycles. The van der Waals surface area contributed by atoms with Crippen LogP contribution in [0.4, 0.5) is 0 Å². The molecule has 138 valence electrons. The number of aliphatic hydroxyl groups is 1. The lowest BCUT2D eigenvalue weighted by Gasteiger charge is -2.36. The maximum atomic E-state index is 12.4. The molecular weight excluding hydrogens is 326 g/mol. The van der Waals surface area contributed by atoms with E-state index in [0.717, 1.165) is 0 Å². The zero-order chi connectivity index (χ0) is 17.8. The second-order valence-corrected chi connectivity index (χ2v) is 6.44. The van der Waals surface area contributed by atoms with Crippen molar-refractivity contribution in [1.82, 2.24) is 24.5 Å². The molecule has 1 aromatic rings. The Balaban J connectivity index is 1.46. The number of carbonyl (C=O) groups is 2. The lowest BCUT2D eigenvalue weighted by atomic mass is 10.1. The third-order valence-electron chi connectivity index (χ3n) is 4.68. The first-order valence-electron chi connectivity index (χ1n) is 8.58. The quantitative estimate of drug-likeness (QED) is 0.707. The normalized spacial score (nSPS) is 20.6. The average Bonchev–Trinajstić information content (AvgIpc) is 3.08. The topological polar surface area (TPSA) is 91.1 Å². The van der Waals surface area contributed by atoms with Crippen LogP contribution in [0.2, 0.25) is 0 Å². The van der Waals surface area contributed by atoms with Gasteiger partial charge in [0.05, 0.1) is 26.0 Å². The Morgan fingerprint density at radius 3 is 2.44 bits per heavy atom. The molecule has 1 aromatic heterocycles. The summed E-state index contributed by atoms with van der Waals surface area (Å²) in [7, 11) is 1.74. The summed E-state index contributed by atoms with van der Waals surface area (Å²) in [6, 6.07) is 0. The number of hydrogen-bond acceptors (Lipinski definition) is 6. The fourth-order valence-electron chi connectivity index (χ4n) is 3.13. The van der Waals surface area contributed by atoms with Crippen LogP contribution in [0.5, 0.6) is 0 Å². The summed E-state index contributed by atoms with van der Waals surface area (Å²) in [5, 5.41) is 14.2. The molecule has 2 amide bonds. The zero-order valence-corrected chi connectivity index (χ0v) is 14.5. The molecule has 2 aliphatic heterocycles. The van der Waals surface area contributed by atoms with E-state index in [9.17, 15) is 14.7 Å². The van der Waals surface area contributed by atoms with Crippen LogP contribution in [0.3, 0.4) is 0 Å². The first-order chi connectivity index (χ1) is 12.0. The number of aryl methyl sites for hydroxylation is 1. The third kappa shape index (κ3) is 4.36. The third-order valence-corrected chi connectivity index (χ3v) is 4.68. The number of piperazine rings is 1. The lowest BCUT2D eigenvalue weighted by molar-refractivity contribution is -0.143. The molecule has 9 heteroatoms. The van der Waals surface area contributed by atoms with Crippen molar-refractivity contribution in [2.24, 2.45) is 7.05 Å². The average molecular weight is 351 g/mol. The number of rotatable bonds is 4. The van der Waals surface area contributed by atoms with Crippen molar-refractivity contribution in [1.29, 1.82) is 0 Å². The maximum Gasteiger partial charge on any atom is 0.256 e. The summed E-state index contributed by atoms with van der Waals surface area (Å²) < 4.78 is 6.82. The number of ether oxygens (including phenoxy) is 1.